The lowest BCUT2D eigenvalue weighted by atomic mass is 10.2. The second kappa shape index (κ2) is 6.55. The normalized spacial score (nSPS) is 12.4. The summed E-state index contributed by atoms with van der Waals surface area (Å²) in [7, 11) is 0. The van der Waals surface area contributed by atoms with Crippen molar-refractivity contribution in [3.05, 3.63) is 29.8 Å². The first kappa shape index (κ1) is 13.1. The van der Waals surface area contributed by atoms with Crippen molar-refractivity contribution in [1.29, 1.82) is 0 Å². The molecule has 0 amide bonds. The molecule has 1 rings (SSSR count). The lowest BCUT2D eigenvalue weighted by Crippen LogP contribution is -2.35. The van der Waals surface area contributed by atoms with Gasteiger partial charge in [-0.25, -0.2) is 0 Å². The molecule has 0 saturated heterocycles. The fraction of sp³-hybridized carbons (Fsp3) is 0.417. The maximum Gasteiger partial charge on any atom is 0.320 e. The molecule has 0 saturated carbocycles. The molecule has 88 valence electrons. The molecule has 0 aliphatic carbocycles. The Kier molecular flexibility index (Phi) is 5.35. The van der Waals surface area contributed by atoms with Crippen LogP contribution < -0.4 is 5.32 Å². The van der Waals surface area contributed by atoms with Crippen LogP contribution in [0.5, 0.6) is 0 Å². The number of aryl methyl sites for hydroxylation is 1. The third-order valence-electron chi connectivity index (χ3n) is 2.21. The summed E-state index contributed by atoms with van der Waals surface area (Å²) < 4.78 is 0. The molecule has 0 heterocycles. The third-order valence-corrected chi connectivity index (χ3v) is 3.23. The summed E-state index contributed by atoms with van der Waals surface area (Å²) in [5, 5.41) is 11.6. The zero-order valence-electron chi connectivity index (χ0n) is 9.56. The third kappa shape index (κ3) is 4.68. The van der Waals surface area contributed by atoms with E-state index in [4.69, 9.17) is 5.11 Å². The predicted molar refractivity (Wildman–Crippen MR) is 67.0 cm³/mol. The SMILES string of the molecule is Cc1ccc(SCCN[C@H](C)C(=O)O)cc1. The van der Waals surface area contributed by atoms with E-state index >= 15 is 0 Å². The average Bonchev–Trinajstić information content (AvgIpc) is 2.26. The van der Waals surface area contributed by atoms with Gasteiger partial charge in [-0.05, 0) is 26.0 Å². The molecule has 1 atom stereocenters. The van der Waals surface area contributed by atoms with Crippen molar-refractivity contribution in [1.82, 2.24) is 5.32 Å². The number of benzene rings is 1. The smallest absolute Gasteiger partial charge is 0.320 e. The Balaban J connectivity index is 2.21. The summed E-state index contributed by atoms with van der Waals surface area (Å²) in [4.78, 5) is 11.7. The highest BCUT2D eigenvalue weighted by Gasteiger charge is 2.08. The van der Waals surface area contributed by atoms with Crippen molar-refractivity contribution in [2.24, 2.45) is 0 Å². The molecule has 0 unspecified atom stereocenters. The number of carboxylic acid groups (broad SMARTS) is 1. The van der Waals surface area contributed by atoms with Gasteiger partial charge < -0.3 is 10.4 Å². The standard InChI is InChI=1S/C12H17NO2S/c1-9-3-5-11(6-4-9)16-8-7-13-10(2)12(14)15/h3-6,10,13H,7-8H2,1-2H3,(H,14,15)/t10-/m1/s1. The van der Waals surface area contributed by atoms with Gasteiger partial charge in [0, 0.05) is 17.2 Å². The highest BCUT2D eigenvalue weighted by molar-refractivity contribution is 7.99. The van der Waals surface area contributed by atoms with E-state index in [2.05, 4.69) is 36.5 Å². The maximum absolute atomic E-state index is 10.5. The molecular weight excluding hydrogens is 222 g/mol. The molecule has 0 aliphatic heterocycles. The van der Waals surface area contributed by atoms with Crippen LogP contribution in [0.25, 0.3) is 0 Å². The topological polar surface area (TPSA) is 49.3 Å². The number of hydrogen-bond donors (Lipinski definition) is 2. The van der Waals surface area contributed by atoms with E-state index in [0.29, 0.717) is 6.54 Å². The quantitative estimate of drug-likeness (QED) is 0.590. The average molecular weight is 239 g/mol. The molecule has 3 nitrogen and oxygen atoms in total. The van der Waals surface area contributed by atoms with E-state index in [-0.39, 0.29) is 0 Å². The Hall–Kier alpha value is -1.00. The Morgan fingerprint density at radius 1 is 1.44 bits per heavy atom. The fourth-order valence-corrected chi connectivity index (χ4v) is 1.95. The molecule has 1 aromatic carbocycles. The minimum Gasteiger partial charge on any atom is -0.480 e. The van der Waals surface area contributed by atoms with Crippen molar-refractivity contribution >= 4 is 17.7 Å². The van der Waals surface area contributed by atoms with Crippen LogP contribution in [0.4, 0.5) is 0 Å². The highest BCUT2D eigenvalue weighted by atomic mass is 32.2. The number of carbonyl (C=O) groups is 1. The van der Waals surface area contributed by atoms with Crippen molar-refractivity contribution < 1.29 is 9.90 Å². The van der Waals surface area contributed by atoms with Gasteiger partial charge in [0.1, 0.15) is 6.04 Å². The van der Waals surface area contributed by atoms with E-state index in [1.54, 1.807) is 18.7 Å². The number of rotatable bonds is 6. The molecule has 0 fully saturated rings. The van der Waals surface area contributed by atoms with Gasteiger partial charge in [-0.1, -0.05) is 17.7 Å². The Labute approximate surface area is 100 Å². The van der Waals surface area contributed by atoms with Gasteiger partial charge in [-0.2, -0.15) is 0 Å². The van der Waals surface area contributed by atoms with Crippen LogP contribution in [0, 0.1) is 6.92 Å². The lowest BCUT2D eigenvalue weighted by Gasteiger charge is -2.08. The van der Waals surface area contributed by atoms with Crippen LogP contribution in [0.1, 0.15) is 12.5 Å². The lowest BCUT2D eigenvalue weighted by molar-refractivity contribution is -0.138. The first-order valence-corrected chi connectivity index (χ1v) is 6.24. The molecule has 16 heavy (non-hydrogen) atoms. The van der Waals surface area contributed by atoms with Crippen LogP contribution in [0.3, 0.4) is 0 Å². The predicted octanol–water partition coefficient (Wildman–Crippen LogP) is 2.15. The molecule has 0 spiro atoms. The van der Waals surface area contributed by atoms with Crippen LogP contribution in [-0.2, 0) is 4.79 Å². The molecule has 2 N–H and O–H groups in total. The first-order chi connectivity index (χ1) is 7.59. The van der Waals surface area contributed by atoms with Gasteiger partial charge in [0.2, 0.25) is 0 Å². The zero-order valence-corrected chi connectivity index (χ0v) is 10.4. The number of aliphatic carboxylic acids is 1. The number of thioether (sulfide) groups is 1. The molecule has 0 aromatic heterocycles. The Bertz CT molecular complexity index is 337. The van der Waals surface area contributed by atoms with E-state index in [1.807, 2.05) is 0 Å². The maximum atomic E-state index is 10.5. The summed E-state index contributed by atoms with van der Waals surface area (Å²) in [6.07, 6.45) is 0. The van der Waals surface area contributed by atoms with Crippen molar-refractivity contribution in [2.75, 3.05) is 12.3 Å². The van der Waals surface area contributed by atoms with Gasteiger partial charge in [-0.3, -0.25) is 4.79 Å². The van der Waals surface area contributed by atoms with E-state index < -0.39 is 12.0 Å². The molecular formula is C12H17NO2S. The van der Waals surface area contributed by atoms with E-state index in [9.17, 15) is 4.79 Å². The highest BCUT2D eigenvalue weighted by Crippen LogP contribution is 2.17. The second-order valence-corrected chi connectivity index (χ2v) is 4.84. The minimum atomic E-state index is -0.805. The Morgan fingerprint density at radius 3 is 2.62 bits per heavy atom. The van der Waals surface area contributed by atoms with E-state index in [0.717, 1.165) is 5.75 Å². The van der Waals surface area contributed by atoms with Crippen LogP contribution >= 0.6 is 11.8 Å². The summed E-state index contributed by atoms with van der Waals surface area (Å²) in [5.74, 6) is 0.0704. The van der Waals surface area contributed by atoms with Crippen LogP contribution in [0.2, 0.25) is 0 Å². The Morgan fingerprint density at radius 2 is 2.06 bits per heavy atom. The summed E-state index contributed by atoms with van der Waals surface area (Å²) in [5.41, 5.74) is 1.25. The van der Waals surface area contributed by atoms with Crippen molar-refractivity contribution in [3.63, 3.8) is 0 Å². The number of hydrogen-bond acceptors (Lipinski definition) is 3. The molecule has 1 aromatic rings. The fourth-order valence-electron chi connectivity index (χ4n) is 1.17. The minimum absolute atomic E-state index is 0.474. The van der Waals surface area contributed by atoms with Crippen molar-refractivity contribution in [3.8, 4) is 0 Å². The van der Waals surface area contributed by atoms with Crippen LogP contribution in [0.15, 0.2) is 29.2 Å². The van der Waals surface area contributed by atoms with Gasteiger partial charge >= 0.3 is 5.97 Å². The summed E-state index contributed by atoms with van der Waals surface area (Å²) in [6.45, 7) is 4.41. The molecule has 0 radical (unpaired) electrons. The van der Waals surface area contributed by atoms with E-state index in [1.165, 1.54) is 10.5 Å². The largest absolute Gasteiger partial charge is 0.480 e. The van der Waals surface area contributed by atoms with Gasteiger partial charge in [0.25, 0.3) is 0 Å². The molecule has 0 bridgehead atoms. The molecule has 0 aliphatic rings. The van der Waals surface area contributed by atoms with Crippen molar-refractivity contribution in [2.45, 2.75) is 24.8 Å². The second-order valence-electron chi connectivity index (χ2n) is 3.68. The van der Waals surface area contributed by atoms with Gasteiger partial charge in [0.15, 0.2) is 0 Å². The summed E-state index contributed by atoms with van der Waals surface area (Å²) in [6, 6.07) is 7.85. The number of nitrogens with one attached hydrogen (secondary N) is 1. The molecule has 4 heteroatoms. The van der Waals surface area contributed by atoms with Gasteiger partial charge in [0.05, 0.1) is 0 Å². The van der Waals surface area contributed by atoms with Crippen LogP contribution in [-0.4, -0.2) is 29.4 Å². The monoisotopic (exact) mass is 239 g/mol. The first-order valence-electron chi connectivity index (χ1n) is 5.25. The van der Waals surface area contributed by atoms with Gasteiger partial charge in [-0.15, -0.1) is 11.8 Å². The number of carboxylic acids is 1. The zero-order chi connectivity index (χ0) is 12.0. The summed E-state index contributed by atoms with van der Waals surface area (Å²) >= 11 is 1.73.